The van der Waals surface area contributed by atoms with Gasteiger partial charge in [0.15, 0.2) is 5.16 Å². The summed E-state index contributed by atoms with van der Waals surface area (Å²) in [7, 11) is 0. The van der Waals surface area contributed by atoms with Crippen LogP contribution in [0, 0.1) is 5.82 Å². The van der Waals surface area contributed by atoms with E-state index in [1.54, 1.807) is 30.3 Å². The van der Waals surface area contributed by atoms with E-state index in [-0.39, 0.29) is 17.5 Å². The maximum atomic E-state index is 13.1. The standard InChI is InChI=1S/C15H11ClFN3OS/c16-9-1-4-11(5-2-9)18-14(21)8-22-15-19-12-6-3-10(17)7-13(12)20-15/h1-7H,8H2,(H,18,21)(H,19,20). The molecule has 3 rings (SSSR count). The molecule has 0 radical (unpaired) electrons. The van der Waals surface area contributed by atoms with Crippen molar-refractivity contribution in [2.24, 2.45) is 0 Å². The van der Waals surface area contributed by atoms with Crippen LogP contribution in [-0.4, -0.2) is 21.6 Å². The summed E-state index contributed by atoms with van der Waals surface area (Å²) in [5.41, 5.74) is 1.96. The molecule has 7 heteroatoms. The number of aromatic nitrogens is 2. The molecule has 1 amide bonds. The minimum Gasteiger partial charge on any atom is -0.333 e. The molecule has 2 aromatic carbocycles. The van der Waals surface area contributed by atoms with E-state index >= 15 is 0 Å². The van der Waals surface area contributed by atoms with Crippen LogP contribution in [0.3, 0.4) is 0 Å². The highest BCUT2D eigenvalue weighted by Crippen LogP contribution is 2.20. The van der Waals surface area contributed by atoms with Gasteiger partial charge in [-0.3, -0.25) is 4.79 Å². The molecule has 0 unspecified atom stereocenters. The Morgan fingerprint density at radius 3 is 2.82 bits per heavy atom. The number of H-pyrrole nitrogens is 1. The summed E-state index contributed by atoms with van der Waals surface area (Å²) in [4.78, 5) is 19.1. The van der Waals surface area contributed by atoms with E-state index < -0.39 is 0 Å². The monoisotopic (exact) mass is 335 g/mol. The lowest BCUT2D eigenvalue weighted by molar-refractivity contribution is -0.113. The predicted octanol–water partition coefficient (Wildman–Crippen LogP) is 4.09. The smallest absolute Gasteiger partial charge is 0.234 e. The van der Waals surface area contributed by atoms with Gasteiger partial charge in [-0.1, -0.05) is 23.4 Å². The van der Waals surface area contributed by atoms with Gasteiger partial charge in [0.1, 0.15) is 5.82 Å². The molecule has 0 aliphatic rings. The second kappa shape index (κ2) is 6.37. The van der Waals surface area contributed by atoms with Crippen LogP contribution < -0.4 is 5.32 Å². The van der Waals surface area contributed by atoms with Crippen LogP contribution in [0.25, 0.3) is 11.0 Å². The maximum Gasteiger partial charge on any atom is 0.234 e. The Hall–Kier alpha value is -2.05. The molecule has 112 valence electrons. The number of rotatable bonds is 4. The molecular formula is C15H11ClFN3OS. The van der Waals surface area contributed by atoms with Crippen LogP contribution in [0.4, 0.5) is 10.1 Å². The molecule has 0 fully saturated rings. The van der Waals surface area contributed by atoms with Crippen molar-refractivity contribution in [1.82, 2.24) is 9.97 Å². The second-order valence-electron chi connectivity index (χ2n) is 4.55. The highest BCUT2D eigenvalue weighted by molar-refractivity contribution is 7.99. The Morgan fingerprint density at radius 2 is 2.05 bits per heavy atom. The van der Waals surface area contributed by atoms with Crippen molar-refractivity contribution in [3.63, 3.8) is 0 Å². The molecule has 1 heterocycles. The summed E-state index contributed by atoms with van der Waals surface area (Å²) >= 11 is 7.04. The summed E-state index contributed by atoms with van der Waals surface area (Å²) in [5.74, 6) is -0.280. The molecule has 4 nitrogen and oxygen atoms in total. The van der Waals surface area contributed by atoms with E-state index in [0.717, 1.165) is 0 Å². The van der Waals surface area contributed by atoms with Crippen molar-refractivity contribution in [1.29, 1.82) is 0 Å². The number of nitrogens with zero attached hydrogens (tertiary/aromatic N) is 1. The van der Waals surface area contributed by atoms with Gasteiger partial charge in [-0.25, -0.2) is 9.37 Å². The number of carbonyl (C=O) groups is 1. The summed E-state index contributed by atoms with van der Waals surface area (Å²) in [6.45, 7) is 0. The van der Waals surface area contributed by atoms with Crippen molar-refractivity contribution in [3.8, 4) is 0 Å². The number of fused-ring (bicyclic) bond motifs is 1. The molecule has 0 saturated heterocycles. The molecular weight excluding hydrogens is 325 g/mol. The fraction of sp³-hybridized carbons (Fsp3) is 0.0667. The van der Waals surface area contributed by atoms with Gasteiger partial charge in [0.25, 0.3) is 0 Å². The zero-order chi connectivity index (χ0) is 15.5. The average molecular weight is 336 g/mol. The van der Waals surface area contributed by atoms with E-state index in [2.05, 4.69) is 15.3 Å². The lowest BCUT2D eigenvalue weighted by atomic mass is 10.3. The van der Waals surface area contributed by atoms with Gasteiger partial charge < -0.3 is 10.3 Å². The third kappa shape index (κ3) is 3.58. The van der Waals surface area contributed by atoms with Crippen LogP contribution in [0.2, 0.25) is 5.02 Å². The molecule has 0 aliphatic heterocycles. The van der Waals surface area contributed by atoms with E-state index in [0.29, 0.717) is 26.9 Å². The third-order valence-corrected chi connectivity index (χ3v) is 4.02. The number of halogens is 2. The second-order valence-corrected chi connectivity index (χ2v) is 5.95. The molecule has 0 spiro atoms. The number of amides is 1. The first-order chi connectivity index (χ1) is 10.6. The summed E-state index contributed by atoms with van der Waals surface area (Å²) in [6, 6.07) is 11.2. The van der Waals surface area contributed by atoms with Gasteiger partial charge in [-0.05, 0) is 42.5 Å². The SMILES string of the molecule is O=C(CSc1nc2ccc(F)cc2[nH]1)Nc1ccc(Cl)cc1. The van der Waals surface area contributed by atoms with Crippen LogP contribution >= 0.6 is 23.4 Å². The Bertz CT molecular complexity index is 819. The third-order valence-electron chi connectivity index (χ3n) is 2.89. The molecule has 0 atom stereocenters. The first kappa shape index (κ1) is 14.9. The molecule has 22 heavy (non-hydrogen) atoms. The van der Waals surface area contributed by atoms with Gasteiger partial charge in [-0.15, -0.1) is 0 Å². The minimum absolute atomic E-state index is 0.154. The lowest BCUT2D eigenvalue weighted by Gasteiger charge is -2.03. The van der Waals surface area contributed by atoms with Crippen molar-refractivity contribution in [2.75, 3.05) is 11.1 Å². The Morgan fingerprint density at radius 1 is 1.27 bits per heavy atom. The summed E-state index contributed by atoms with van der Waals surface area (Å²) in [6.07, 6.45) is 0. The fourth-order valence-electron chi connectivity index (χ4n) is 1.89. The van der Waals surface area contributed by atoms with Gasteiger partial charge in [0.05, 0.1) is 16.8 Å². The molecule has 0 bridgehead atoms. The Labute approximate surface area is 135 Å². The first-order valence-electron chi connectivity index (χ1n) is 6.44. The minimum atomic E-state index is -0.326. The zero-order valence-electron chi connectivity index (χ0n) is 11.3. The average Bonchev–Trinajstić information content (AvgIpc) is 2.89. The van der Waals surface area contributed by atoms with Gasteiger partial charge >= 0.3 is 0 Å². The highest BCUT2D eigenvalue weighted by Gasteiger charge is 2.08. The van der Waals surface area contributed by atoms with Crippen LogP contribution in [-0.2, 0) is 4.79 Å². The number of hydrogen-bond acceptors (Lipinski definition) is 3. The van der Waals surface area contributed by atoms with Gasteiger partial charge in [0, 0.05) is 10.7 Å². The molecule has 0 saturated carbocycles. The van der Waals surface area contributed by atoms with Crippen molar-refractivity contribution >= 4 is 46.0 Å². The molecule has 3 aromatic rings. The number of thioether (sulfide) groups is 1. The van der Waals surface area contributed by atoms with Crippen molar-refractivity contribution < 1.29 is 9.18 Å². The first-order valence-corrected chi connectivity index (χ1v) is 7.80. The lowest BCUT2D eigenvalue weighted by Crippen LogP contribution is -2.13. The van der Waals surface area contributed by atoms with E-state index in [1.807, 2.05) is 0 Å². The van der Waals surface area contributed by atoms with Gasteiger partial charge in [0.2, 0.25) is 5.91 Å². The Balaban J connectivity index is 1.61. The quantitative estimate of drug-likeness (QED) is 0.706. The number of hydrogen-bond donors (Lipinski definition) is 2. The number of carbonyl (C=O) groups excluding carboxylic acids is 1. The molecule has 0 aliphatic carbocycles. The summed E-state index contributed by atoms with van der Waals surface area (Å²) in [5, 5.41) is 3.95. The number of aromatic amines is 1. The van der Waals surface area contributed by atoms with Crippen LogP contribution in [0.15, 0.2) is 47.6 Å². The number of benzene rings is 2. The van der Waals surface area contributed by atoms with E-state index in [9.17, 15) is 9.18 Å². The number of nitrogens with one attached hydrogen (secondary N) is 2. The number of anilines is 1. The zero-order valence-corrected chi connectivity index (χ0v) is 12.8. The number of imidazole rings is 1. The molecule has 2 N–H and O–H groups in total. The Kier molecular flexibility index (Phi) is 4.31. The normalized spacial score (nSPS) is 10.8. The van der Waals surface area contributed by atoms with Gasteiger partial charge in [-0.2, -0.15) is 0 Å². The maximum absolute atomic E-state index is 13.1. The van der Waals surface area contributed by atoms with Crippen molar-refractivity contribution in [3.05, 3.63) is 53.3 Å². The predicted molar refractivity (Wildman–Crippen MR) is 86.9 cm³/mol. The van der Waals surface area contributed by atoms with E-state index in [4.69, 9.17) is 11.6 Å². The molecule has 1 aromatic heterocycles. The van der Waals surface area contributed by atoms with Crippen LogP contribution in [0.5, 0.6) is 0 Å². The largest absolute Gasteiger partial charge is 0.333 e. The van der Waals surface area contributed by atoms with Crippen molar-refractivity contribution in [2.45, 2.75) is 5.16 Å². The highest BCUT2D eigenvalue weighted by atomic mass is 35.5. The van der Waals surface area contributed by atoms with Crippen LogP contribution in [0.1, 0.15) is 0 Å². The summed E-state index contributed by atoms with van der Waals surface area (Å²) < 4.78 is 13.1. The topological polar surface area (TPSA) is 57.8 Å². The fourth-order valence-corrected chi connectivity index (χ4v) is 2.70. The van der Waals surface area contributed by atoms with E-state index in [1.165, 1.54) is 23.9 Å².